The van der Waals surface area contributed by atoms with E-state index in [0.29, 0.717) is 12.6 Å². The predicted octanol–water partition coefficient (Wildman–Crippen LogP) is 2.69. The first-order valence-corrected chi connectivity index (χ1v) is 11.4. The van der Waals surface area contributed by atoms with Crippen LogP contribution in [0.2, 0.25) is 0 Å². The molecule has 4 rings (SSSR count). The topological polar surface area (TPSA) is 79.6 Å². The Kier molecular flexibility index (Phi) is 7.44. The Labute approximate surface area is 195 Å². The van der Waals surface area contributed by atoms with Crippen LogP contribution in [0.15, 0.2) is 59.6 Å². The number of anilines is 1. The number of aliphatic imine (C=N–C) groups is 1. The third kappa shape index (κ3) is 6.03. The number of nitrogens with one attached hydrogen (secondary N) is 2. The van der Waals surface area contributed by atoms with Gasteiger partial charge in [-0.15, -0.1) is 10.2 Å². The van der Waals surface area contributed by atoms with Crippen molar-refractivity contribution < 1.29 is 4.74 Å². The number of guanidine groups is 1. The van der Waals surface area contributed by atoms with Crippen LogP contribution in [0.4, 0.5) is 5.69 Å². The summed E-state index contributed by atoms with van der Waals surface area (Å²) in [5.74, 6) is 3.42. The Bertz CT molecular complexity index is 1050. The van der Waals surface area contributed by atoms with Gasteiger partial charge in [-0.25, -0.2) is 4.99 Å². The summed E-state index contributed by atoms with van der Waals surface area (Å²) in [5, 5.41) is 15.5. The van der Waals surface area contributed by atoms with Gasteiger partial charge in [0.05, 0.1) is 7.11 Å². The summed E-state index contributed by atoms with van der Waals surface area (Å²) >= 11 is 0. The monoisotopic (exact) mass is 447 g/mol. The molecule has 0 spiro atoms. The molecule has 33 heavy (non-hydrogen) atoms. The number of nitrogens with zero attached hydrogens (tertiary/aromatic N) is 5. The van der Waals surface area contributed by atoms with Gasteiger partial charge in [0.15, 0.2) is 11.8 Å². The van der Waals surface area contributed by atoms with Crippen molar-refractivity contribution in [2.24, 2.45) is 12.0 Å². The van der Waals surface area contributed by atoms with Crippen LogP contribution >= 0.6 is 0 Å². The number of aryl methyl sites for hydroxylation is 1. The van der Waals surface area contributed by atoms with E-state index < -0.39 is 0 Å². The van der Waals surface area contributed by atoms with Crippen LogP contribution in [-0.2, 0) is 20.0 Å². The summed E-state index contributed by atoms with van der Waals surface area (Å²) in [6, 6.07) is 19.1. The first kappa shape index (κ1) is 22.6. The summed E-state index contributed by atoms with van der Waals surface area (Å²) in [7, 11) is 3.66. The number of aromatic nitrogens is 3. The summed E-state index contributed by atoms with van der Waals surface area (Å²) < 4.78 is 7.23. The molecule has 1 unspecified atom stereocenters. The number of hydrogen-bond donors (Lipinski definition) is 2. The lowest BCUT2D eigenvalue weighted by Crippen LogP contribution is -2.45. The van der Waals surface area contributed by atoms with Crippen LogP contribution in [0.25, 0.3) is 0 Å². The maximum Gasteiger partial charge on any atom is 0.192 e. The Morgan fingerprint density at radius 1 is 1.12 bits per heavy atom. The highest BCUT2D eigenvalue weighted by Crippen LogP contribution is 2.19. The Balaban J connectivity index is 1.38. The minimum atomic E-state index is 0.332. The molecule has 1 atom stereocenters. The van der Waals surface area contributed by atoms with Crippen LogP contribution in [0.5, 0.6) is 5.75 Å². The first-order valence-electron chi connectivity index (χ1n) is 11.4. The second-order valence-electron chi connectivity index (χ2n) is 8.32. The molecule has 1 saturated heterocycles. The quantitative estimate of drug-likeness (QED) is 0.408. The molecule has 0 amide bonds. The molecule has 2 heterocycles. The van der Waals surface area contributed by atoms with Gasteiger partial charge in [0.25, 0.3) is 0 Å². The summed E-state index contributed by atoms with van der Waals surface area (Å²) in [6.45, 7) is 5.19. The van der Waals surface area contributed by atoms with Crippen LogP contribution in [0, 0.1) is 6.92 Å². The fraction of sp³-hybridized carbons (Fsp3) is 0.400. The van der Waals surface area contributed by atoms with E-state index >= 15 is 0 Å². The molecule has 0 saturated carbocycles. The van der Waals surface area contributed by atoms with Crippen molar-refractivity contribution in [3.8, 4) is 5.75 Å². The fourth-order valence-corrected chi connectivity index (χ4v) is 3.95. The molecular formula is C25H33N7O. The number of rotatable bonds is 8. The van der Waals surface area contributed by atoms with E-state index in [4.69, 9.17) is 9.73 Å². The number of hydrogen-bond acceptors (Lipinski definition) is 5. The second kappa shape index (κ2) is 10.8. The van der Waals surface area contributed by atoms with E-state index in [1.165, 1.54) is 11.3 Å². The van der Waals surface area contributed by atoms with E-state index in [1.54, 1.807) is 7.11 Å². The zero-order valence-corrected chi connectivity index (χ0v) is 19.7. The lowest BCUT2D eigenvalue weighted by atomic mass is 10.1. The van der Waals surface area contributed by atoms with Crippen molar-refractivity contribution in [2.45, 2.75) is 32.4 Å². The molecule has 8 nitrogen and oxygen atoms in total. The molecule has 8 heteroatoms. The van der Waals surface area contributed by atoms with E-state index in [2.05, 4.69) is 68.2 Å². The molecule has 0 bridgehead atoms. The molecule has 1 aromatic heterocycles. The van der Waals surface area contributed by atoms with Crippen LogP contribution < -0.4 is 20.3 Å². The standard InChI is InChI=1S/C25H33N7O/c1-19-29-30-24(31(19)2)17-27-25(26-15-13-20-9-11-23(33-3)12-10-20)28-21-14-16-32(18-21)22-7-5-4-6-8-22/h4-12,21H,13-18H2,1-3H3,(H2,26,27,28). The SMILES string of the molecule is COc1ccc(CCNC(=NCc2nnc(C)n2C)NC2CCN(c3ccccc3)C2)cc1. The maximum absolute atomic E-state index is 5.25. The van der Waals surface area contributed by atoms with Crippen LogP contribution in [-0.4, -0.2) is 53.5 Å². The van der Waals surface area contributed by atoms with Crippen molar-refractivity contribution in [3.05, 3.63) is 71.8 Å². The van der Waals surface area contributed by atoms with Crippen molar-refractivity contribution in [1.29, 1.82) is 0 Å². The first-order chi connectivity index (χ1) is 16.1. The average molecular weight is 448 g/mol. The molecule has 174 valence electrons. The smallest absolute Gasteiger partial charge is 0.192 e. The average Bonchev–Trinajstić information content (AvgIpc) is 3.45. The summed E-state index contributed by atoms with van der Waals surface area (Å²) in [5.41, 5.74) is 2.52. The molecule has 1 aliphatic rings. The predicted molar refractivity (Wildman–Crippen MR) is 132 cm³/mol. The van der Waals surface area contributed by atoms with Crippen molar-refractivity contribution >= 4 is 11.6 Å². The number of benzene rings is 2. The molecule has 0 aliphatic carbocycles. The lowest BCUT2D eigenvalue weighted by Gasteiger charge is -2.20. The van der Waals surface area contributed by atoms with Gasteiger partial charge in [0.2, 0.25) is 0 Å². The number of para-hydroxylation sites is 1. The molecular weight excluding hydrogens is 414 g/mol. The highest BCUT2D eigenvalue weighted by Gasteiger charge is 2.23. The van der Waals surface area contributed by atoms with Gasteiger partial charge in [-0.3, -0.25) is 0 Å². The lowest BCUT2D eigenvalue weighted by molar-refractivity contribution is 0.414. The van der Waals surface area contributed by atoms with Crippen molar-refractivity contribution in [2.75, 3.05) is 31.6 Å². The zero-order chi connectivity index (χ0) is 23.0. The van der Waals surface area contributed by atoms with Crippen LogP contribution in [0.3, 0.4) is 0 Å². The van der Waals surface area contributed by atoms with Gasteiger partial charge in [0.1, 0.15) is 18.1 Å². The van der Waals surface area contributed by atoms with E-state index in [-0.39, 0.29) is 0 Å². The van der Waals surface area contributed by atoms with E-state index in [0.717, 1.165) is 55.8 Å². The normalized spacial score (nSPS) is 16.2. The Hall–Kier alpha value is -3.55. The van der Waals surface area contributed by atoms with Crippen molar-refractivity contribution in [1.82, 2.24) is 25.4 Å². The maximum atomic E-state index is 5.25. The molecule has 0 radical (unpaired) electrons. The van der Waals surface area contributed by atoms with E-state index in [9.17, 15) is 0 Å². The van der Waals surface area contributed by atoms with Gasteiger partial charge >= 0.3 is 0 Å². The van der Waals surface area contributed by atoms with Gasteiger partial charge in [0, 0.05) is 38.4 Å². The third-order valence-corrected chi connectivity index (χ3v) is 6.08. The minimum absolute atomic E-state index is 0.332. The number of methoxy groups -OCH3 is 1. The summed E-state index contributed by atoms with van der Waals surface area (Å²) in [6.07, 6.45) is 1.96. The zero-order valence-electron chi connectivity index (χ0n) is 19.7. The van der Waals surface area contributed by atoms with Gasteiger partial charge in [-0.05, 0) is 49.6 Å². The van der Waals surface area contributed by atoms with Crippen molar-refractivity contribution in [3.63, 3.8) is 0 Å². The molecule has 2 N–H and O–H groups in total. The Morgan fingerprint density at radius 3 is 2.61 bits per heavy atom. The highest BCUT2D eigenvalue weighted by atomic mass is 16.5. The third-order valence-electron chi connectivity index (χ3n) is 6.08. The van der Waals surface area contributed by atoms with Gasteiger partial charge < -0.3 is 24.8 Å². The van der Waals surface area contributed by atoms with E-state index in [1.807, 2.05) is 30.7 Å². The Morgan fingerprint density at radius 2 is 1.91 bits per heavy atom. The molecule has 2 aromatic carbocycles. The minimum Gasteiger partial charge on any atom is -0.497 e. The van der Waals surface area contributed by atoms with Crippen LogP contribution in [0.1, 0.15) is 23.6 Å². The van der Waals surface area contributed by atoms with Gasteiger partial charge in [-0.1, -0.05) is 30.3 Å². The molecule has 1 fully saturated rings. The second-order valence-corrected chi connectivity index (χ2v) is 8.32. The molecule has 1 aliphatic heterocycles. The number of ether oxygens (including phenoxy) is 1. The fourth-order valence-electron chi connectivity index (χ4n) is 3.95. The van der Waals surface area contributed by atoms with Gasteiger partial charge in [-0.2, -0.15) is 0 Å². The molecule has 3 aromatic rings. The summed E-state index contributed by atoms with van der Waals surface area (Å²) in [4.78, 5) is 7.24. The largest absolute Gasteiger partial charge is 0.497 e. The highest BCUT2D eigenvalue weighted by molar-refractivity contribution is 5.80.